The molecular formula is C15H14FNO2. The molecule has 0 aliphatic carbocycles. The van der Waals surface area contributed by atoms with E-state index in [1.165, 1.54) is 17.9 Å². The first-order valence-electron chi connectivity index (χ1n) is 5.83. The first-order valence-corrected chi connectivity index (χ1v) is 5.83. The van der Waals surface area contributed by atoms with Crippen LogP contribution in [0, 0.1) is 5.82 Å². The largest absolute Gasteiger partial charge is 0.497 e. The number of ether oxygens (including phenoxy) is 1. The van der Waals surface area contributed by atoms with Crippen molar-refractivity contribution in [3.63, 3.8) is 0 Å². The van der Waals surface area contributed by atoms with Crippen LogP contribution in [0.4, 0.5) is 15.8 Å². The number of nitrogens with zero attached hydrogens (tertiary/aromatic N) is 1. The van der Waals surface area contributed by atoms with Crippen LogP contribution in [0.15, 0.2) is 48.5 Å². The Balaban J connectivity index is 2.46. The Hall–Kier alpha value is -2.36. The number of anilines is 2. The molecule has 0 heterocycles. The third kappa shape index (κ3) is 2.73. The van der Waals surface area contributed by atoms with Crippen molar-refractivity contribution in [1.29, 1.82) is 0 Å². The van der Waals surface area contributed by atoms with Gasteiger partial charge in [0.1, 0.15) is 11.6 Å². The summed E-state index contributed by atoms with van der Waals surface area (Å²) in [5.74, 6) is -0.00966. The third-order valence-electron chi connectivity index (χ3n) is 2.74. The fourth-order valence-corrected chi connectivity index (χ4v) is 1.85. The molecule has 0 atom stereocenters. The quantitative estimate of drug-likeness (QED) is 0.844. The molecule has 0 spiro atoms. The fraction of sp³-hybridized carbons (Fsp3) is 0.133. The van der Waals surface area contributed by atoms with Crippen molar-refractivity contribution in [2.45, 2.75) is 6.92 Å². The summed E-state index contributed by atoms with van der Waals surface area (Å²) in [5, 5.41) is 0. The van der Waals surface area contributed by atoms with E-state index in [-0.39, 0.29) is 11.6 Å². The van der Waals surface area contributed by atoms with Crippen LogP contribution in [0.2, 0.25) is 0 Å². The molecule has 0 radical (unpaired) electrons. The Morgan fingerprint density at radius 1 is 1.11 bits per heavy atom. The lowest BCUT2D eigenvalue weighted by molar-refractivity contribution is -0.115. The van der Waals surface area contributed by atoms with Crippen molar-refractivity contribution in [2.75, 3.05) is 12.0 Å². The number of carbonyl (C=O) groups excluding carboxylic acids is 1. The molecule has 0 unspecified atom stereocenters. The summed E-state index contributed by atoms with van der Waals surface area (Å²) in [7, 11) is 1.56. The van der Waals surface area contributed by atoms with Crippen molar-refractivity contribution in [2.24, 2.45) is 0 Å². The predicted molar refractivity (Wildman–Crippen MR) is 72.2 cm³/mol. The maximum Gasteiger partial charge on any atom is 0.228 e. The van der Waals surface area contributed by atoms with Crippen LogP contribution < -0.4 is 9.64 Å². The van der Waals surface area contributed by atoms with E-state index in [0.29, 0.717) is 11.4 Å². The molecule has 0 aliphatic rings. The van der Waals surface area contributed by atoms with E-state index in [1.54, 1.807) is 49.6 Å². The number of benzene rings is 2. The zero-order valence-corrected chi connectivity index (χ0v) is 10.8. The molecule has 1 amide bonds. The molecule has 19 heavy (non-hydrogen) atoms. The van der Waals surface area contributed by atoms with Gasteiger partial charge in [-0.15, -0.1) is 0 Å². The highest BCUT2D eigenvalue weighted by Gasteiger charge is 2.17. The Labute approximate surface area is 111 Å². The number of methoxy groups -OCH3 is 1. The van der Waals surface area contributed by atoms with Gasteiger partial charge in [0.05, 0.1) is 12.8 Å². The Kier molecular flexibility index (Phi) is 3.80. The SMILES string of the molecule is COc1ccc(N(C(C)=O)c2ccccc2F)cc1. The van der Waals surface area contributed by atoms with Gasteiger partial charge in [-0.2, -0.15) is 0 Å². The van der Waals surface area contributed by atoms with E-state index in [2.05, 4.69) is 0 Å². The molecule has 2 aromatic carbocycles. The summed E-state index contributed by atoms with van der Waals surface area (Å²) in [6, 6.07) is 13.1. The highest BCUT2D eigenvalue weighted by Crippen LogP contribution is 2.29. The number of hydrogen-bond donors (Lipinski definition) is 0. The number of para-hydroxylation sites is 1. The van der Waals surface area contributed by atoms with Crippen molar-refractivity contribution in [3.05, 3.63) is 54.3 Å². The first-order chi connectivity index (χ1) is 9.13. The van der Waals surface area contributed by atoms with Gasteiger partial charge in [-0.05, 0) is 36.4 Å². The van der Waals surface area contributed by atoms with E-state index >= 15 is 0 Å². The monoisotopic (exact) mass is 259 g/mol. The number of amides is 1. The number of carbonyl (C=O) groups is 1. The van der Waals surface area contributed by atoms with Crippen molar-refractivity contribution in [3.8, 4) is 5.75 Å². The third-order valence-corrected chi connectivity index (χ3v) is 2.74. The van der Waals surface area contributed by atoms with Gasteiger partial charge in [0.15, 0.2) is 0 Å². The van der Waals surface area contributed by atoms with Gasteiger partial charge in [0.2, 0.25) is 5.91 Å². The second-order valence-electron chi connectivity index (χ2n) is 4.00. The lowest BCUT2D eigenvalue weighted by Crippen LogP contribution is -2.23. The molecule has 2 rings (SSSR count). The molecule has 0 saturated carbocycles. The van der Waals surface area contributed by atoms with Gasteiger partial charge >= 0.3 is 0 Å². The van der Waals surface area contributed by atoms with Gasteiger partial charge in [0.25, 0.3) is 0 Å². The molecule has 4 heteroatoms. The average molecular weight is 259 g/mol. The molecule has 98 valence electrons. The molecule has 3 nitrogen and oxygen atoms in total. The minimum atomic E-state index is -0.437. The summed E-state index contributed by atoms with van der Waals surface area (Å²) >= 11 is 0. The minimum absolute atomic E-state index is 0.236. The average Bonchev–Trinajstić information content (AvgIpc) is 2.42. The normalized spacial score (nSPS) is 10.1. The first kappa shape index (κ1) is 13.1. The number of rotatable bonds is 3. The van der Waals surface area contributed by atoms with Crippen LogP contribution in [0.3, 0.4) is 0 Å². The second-order valence-corrected chi connectivity index (χ2v) is 4.00. The smallest absolute Gasteiger partial charge is 0.228 e. The van der Waals surface area contributed by atoms with E-state index in [0.717, 1.165) is 0 Å². The van der Waals surface area contributed by atoms with E-state index in [4.69, 9.17) is 4.74 Å². The van der Waals surface area contributed by atoms with Crippen LogP contribution in [0.5, 0.6) is 5.75 Å². The van der Waals surface area contributed by atoms with Gasteiger partial charge in [0, 0.05) is 12.6 Å². The molecule has 2 aromatic rings. The zero-order chi connectivity index (χ0) is 13.8. The van der Waals surface area contributed by atoms with Crippen LogP contribution >= 0.6 is 0 Å². The highest BCUT2D eigenvalue weighted by atomic mass is 19.1. The topological polar surface area (TPSA) is 29.5 Å². The Morgan fingerprint density at radius 2 is 1.74 bits per heavy atom. The van der Waals surface area contributed by atoms with Crippen molar-refractivity contribution < 1.29 is 13.9 Å². The lowest BCUT2D eigenvalue weighted by atomic mass is 10.2. The molecule has 0 saturated heterocycles. The second kappa shape index (κ2) is 5.52. The maximum atomic E-state index is 13.8. The van der Waals surface area contributed by atoms with Crippen LogP contribution in [0.1, 0.15) is 6.92 Å². The van der Waals surface area contributed by atoms with Crippen LogP contribution in [0.25, 0.3) is 0 Å². The van der Waals surface area contributed by atoms with Gasteiger partial charge in [-0.3, -0.25) is 9.69 Å². The van der Waals surface area contributed by atoms with Gasteiger partial charge < -0.3 is 4.74 Å². The molecular weight excluding hydrogens is 245 g/mol. The zero-order valence-electron chi connectivity index (χ0n) is 10.8. The van der Waals surface area contributed by atoms with Crippen LogP contribution in [-0.4, -0.2) is 13.0 Å². The number of halogens is 1. The van der Waals surface area contributed by atoms with Gasteiger partial charge in [-0.1, -0.05) is 12.1 Å². The van der Waals surface area contributed by atoms with Crippen molar-refractivity contribution >= 4 is 17.3 Å². The summed E-state index contributed by atoms with van der Waals surface area (Å²) < 4.78 is 18.9. The predicted octanol–water partition coefficient (Wildman–Crippen LogP) is 3.52. The maximum absolute atomic E-state index is 13.8. The van der Waals surface area contributed by atoms with Crippen LogP contribution in [-0.2, 0) is 4.79 Å². The van der Waals surface area contributed by atoms with E-state index < -0.39 is 5.82 Å². The highest BCUT2D eigenvalue weighted by molar-refractivity contribution is 5.99. The minimum Gasteiger partial charge on any atom is -0.497 e. The molecule has 0 aliphatic heterocycles. The number of hydrogen-bond acceptors (Lipinski definition) is 2. The molecule has 0 fully saturated rings. The Bertz CT molecular complexity index is 581. The summed E-state index contributed by atoms with van der Waals surface area (Å²) in [6.07, 6.45) is 0. The molecule has 0 bridgehead atoms. The molecule has 0 aromatic heterocycles. The summed E-state index contributed by atoms with van der Waals surface area (Å²) in [4.78, 5) is 13.1. The standard InChI is InChI=1S/C15H14FNO2/c1-11(18)17(15-6-4-3-5-14(15)16)12-7-9-13(19-2)10-8-12/h3-10H,1-2H3. The van der Waals surface area contributed by atoms with E-state index in [9.17, 15) is 9.18 Å². The Morgan fingerprint density at radius 3 is 2.26 bits per heavy atom. The van der Waals surface area contributed by atoms with Crippen molar-refractivity contribution in [1.82, 2.24) is 0 Å². The molecule has 0 N–H and O–H groups in total. The fourth-order valence-electron chi connectivity index (χ4n) is 1.85. The lowest BCUT2D eigenvalue weighted by Gasteiger charge is -2.22. The van der Waals surface area contributed by atoms with E-state index in [1.807, 2.05) is 0 Å². The van der Waals surface area contributed by atoms with Gasteiger partial charge in [-0.25, -0.2) is 4.39 Å². The summed E-state index contributed by atoms with van der Waals surface area (Å²) in [6.45, 7) is 1.40. The summed E-state index contributed by atoms with van der Waals surface area (Å²) in [5.41, 5.74) is 0.832.